The Kier molecular flexibility index (Phi) is 5.16. The van der Waals surface area contributed by atoms with Gasteiger partial charge in [-0.15, -0.1) is 0 Å². The molecular weight excluding hydrogens is 366 g/mol. The van der Waals surface area contributed by atoms with Gasteiger partial charge in [-0.05, 0) is 48.2 Å². The van der Waals surface area contributed by atoms with E-state index in [0.717, 1.165) is 24.0 Å². The monoisotopic (exact) mass is 389 g/mol. The molecule has 1 fully saturated rings. The molecule has 0 unspecified atom stereocenters. The summed E-state index contributed by atoms with van der Waals surface area (Å²) in [5.74, 6) is -0.462. The van der Waals surface area contributed by atoms with Crippen molar-refractivity contribution in [2.45, 2.75) is 38.3 Å². The second-order valence-corrected chi connectivity index (χ2v) is 7.47. The molecule has 3 amide bonds. The molecule has 1 saturated carbocycles. The molecule has 6 heteroatoms. The molecule has 1 heterocycles. The summed E-state index contributed by atoms with van der Waals surface area (Å²) in [6.07, 6.45) is 5.77. The average Bonchev–Trinajstić information content (AvgIpc) is 3.52. The molecular formula is C23H23N3O3. The van der Waals surface area contributed by atoms with Gasteiger partial charge in [0.2, 0.25) is 11.8 Å². The van der Waals surface area contributed by atoms with Crippen LogP contribution in [-0.2, 0) is 9.59 Å². The van der Waals surface area contributed by atoms with E-state index in [-0.39, 0.29) is 36.2 Å². The third-order valence-electron chi connectivity index (χ3n) is 5.17. The van der Waals surface area contributed by atoms with Crippen LogP contribution in [0.15, 0.2) is 54.7 Å². The molecule has 0 spiro atoms. The Bertz CT molecular complexity index is 994. The summed E-state index contributed by atoms with van der Waals surface area (Å²) in [6.45, 7) is 1.49. The number of nitrogens with one attached hydrogen (secondary N) is 2. The highest BCUT2D eigenvalue weighted by Crippen LogP contribution is 2.33. The largest absolute Gasteiger partial charge is 0.349 e. The maximum atomic E-state index is 12.8. The number of fused-ring (bicyclic) bond motifs is 1. The van der Waals surface area contributed by atoms with E-state index in [1.165, 1.54) is 6.92 Å². The van der Waals surface area contributed by atoms with Crippen molar-refractivity contribution in [2.24, 2.45) is 0 Å². The van der Waals surface area contributed by atoms with Crippen LogP contribution in [0.25, 0.3) is 6.08 Å². The zero-order valence-electron chi connectivity index (χ0n) is 16.2. The van der Waals surface area contributed by atoms with Gasteiger partial charge in [0.15, 0.2) is 0 Å². The first-order valence-corrected chi connectivity index (χ1v) is 9.78. The van der Waals surface area contributed by atoms with Gasteiger partial charge in [-0.1, -0.05) is 30.3 Å². The highest BCUT2D eigenvalue weighted by Gasteiger charge is 2.28. The van der Waals surface area contributed by atoms with E-state index in [1.54, 1.807) is 35.4 Å². The second kappa shape index (κ2) is 7.91. The van der Waals surface area contributed by atoms with Crippen molar-refractivity contribution in [1.82, 2.24) is 10.2 Å². The van der Waals surface area contributed by atoms with E-state index >= 15 is 0 Å². The summed E-state index contributed by atoms with van der Waals surface area (Å²) in [5, 5.41) is 5.80. The Morgan fingerprint density at radius 3 is 2.62 bits per heavy atom. The highest BCUT2D eigenvalue weighted by atomic mass is 16.2. The quantitative estimate of drug-likeness (QED) is 0.822. The zero-order valence-corrected chi connectivity index (χ0v) is 16.2. The summed E-state index contributed by atoms with van der Waals surface area (Å²) in [7, 11) is 0. The molecule has 0 aromatic heterocycles. The predicted molar refractivity (Wildman–Crippen MR) is 111 cm³/mol. The van der Waals surface area contributed by atoms with Crippen LogP contribution in [0, 0.1) is 0 Å². The fourth-order valence-corrected chi connectivity index (χ4v) is 3.54. The number of anilines is 1. The van der Waals surface area contributed by atoms with Gasteiger partial charge in [0, 0.05) is 30.4 Å². The number of carbonyl (C=O) groups excluding carboxylic acids is 3. The molecule has 29 heavy (non-hydrogen) atoms. The molecule has 2 aromatic rings. The second-order valence-electron chi connectivity index (χ2n) is 7.47. The number of hydrogen-bond donors (Lipinski definition) is 2. The summed E-state index contributed by atoms with van der Waals surface area (Å²) in [5.41, 5.74) is 3.03. The van der Waals surface area contributed by atoms with E-state index in [2.05, 4.69) is 10.6 Å². The van der Waals surface area contributed by atoms with Crippen molar-refractivity contribution in [3.8, 4) is 0 Å². The van der Waals surface area contributed by atoms with Gasteiger partial charge in [-0.3, -0.25) is 14.4 Å². The molecule has 2 aliphatic rings. The number of benzene rings is 2. The molecule has 2 N–H and O–H groups in total. The average molecular weight is 389 g/mol. The highest BCUT2D eigenvalue weighted by molar-refractivity contribution is 5.97. The third kappa shape index (κ3) is 4.37. The molecule has 6 nitrogen and oxygen atoms in total. The Morgan fingerprint density at radius 2 is 1.86 bits per heavy atom. The number of carbonyl (C=O) groups is 3. The van der Waals surface area contributed by atoms with Crippen molar-refractivity contribution in [2.75, 3.05) is 5.32 Å². The predicted octanol–water partition coefficient (Wildman–Crippen LogP) is 3.48. The van der Waals surface area contributed by atoms with Crippen molar-refractivity contribution in [1.29, 1.82) is 0 Å². The summed E-state index contributed by atoms with van der Waals surface area (Å²) < 4.78 is 0. The number of hydrogen-bond acceptors (Lipinski definition) is 3. The van der Waals surface area contributed by atoms with Crippen LogP contribution < -0.4 is 10.6 Å². The standard InChI is InChI=1S/C23H23N3O3/c1-15(27)26-12-11-16-5-2-3-8-20(16)21(26)14-22(28)24-19-7-4-6-17(13-19)23(29)25-18-9-10-18/h2-8,11-13,18,21H,9-10,14H2,1H3,(H,24,28)(H,25,29)/t21-/m0/s1. The van der Waals surface area contributed by atoms with Crippen LogP contribution in [0.5, 0.6) is 0 Å². The minimum Gasteiger partial charge on any atom is -0.349 e. The number of nitrogens with zero attached hydrogens (tertiary/aromatic N) is 1. The van der Waals surface area contributed by atoms with Gasteiger partial charge in [0.25, 0.3) is 5.91 Å². The minimum absolute atomic E-state index is 0.118. The van der Waals surface area contributed by atoms with Crippen molar-refractivity contribution >= 4 is 29.5 Å². The van der Waals surface area contributed by atoms with Gasteiger partial charge in [-0.25, -0.2) is 0 Å². The van der Waals surface area contributed by atoms with Crippen molar-refractivity contribution < 1.29 is 14.4 Å². The fourth-order valence-electron chi connectivity index (χ4n) is 3.54. The lowest BCUT2D eigenvalue weighted by molar-refractivity contribution is -0.129. The zero-order chi connectivity index (χ0) is 20.4. The number of rotatable bonds is 5. The molecule has 1 aliphatic heterocycles. The Morgan fingerprint density at radius 1 is 1.07 bits per heavy atom. The van der Waals surface area contributed by atoms with Crippen LogP contribution in [0.4, 0.5) is 5.69 Å². The maximum Gasteiger partial charge on any atom is 0.251 e. The van der Waals surface area contributed by atoms with E-state index in [1.807, 2.05) is 30.3 Å². The van der Waals surface area contributed by atoms with Gasteiger partial charge in [0.1, 0.15) is 0 Å². The van der Waals surface area contributed by atoms with E-state index in [4.69, 9.17) is 0 Å². The van der Waals surface area contributed by atoms with Gasteiger partial charge >= 0.3 is 0 Å². The minimum atomic E-state index is -0.366. The maximum absolute atomic E-state index is 12.8. The van der Waals surface area contributed by atoms with E-state index < -0.39 is 0 Å². The fraction of sp³-hybridized carbons (Fsp3) is 0.261. The first kappa shape index (κ1) is 18.9. The van der Waals surface area contributed by atoms with E-state index in [9.17, 15) is 14.4 Å². The summed E-state index contributed by atoms with van der Waals surface area (Å²) in [6, 6.07) is 14.6. The molecule has 0 radical (unpaired) electrons. The molecule has 1 aliphatic carbocycles. The van der Waals surface area contributed by atoms with Crippen LogP contribution in [0.1, 0.15) is 53.7 Å². The van der Waals surface area contributed by atoms with Crippen molar-refractivity contribution in [3.05, 3.63) is 71.4 Å². The molecule has 2 aromatic carbocycles. The number of amides is 3. The Balaban J connectivity index is 1.48. The Labute approximate surface area is 169 Å². The first-order chi connectivity index (χ1) is 14.0. The van der Waals surface area contributed by atoms with Crippen LogP contribution in [-0.4, -0.2) is 28.7 Å². The van der Waals surface area contributed by atoms with Crippen LogP contribution in [0.2, 0.25) is 0 Å². The summed E-state index contributed by atoms with van der Waals surface area (Å²) >= 11 is 0. The van der Waals surface area contributed by atoms with Crippen molar-refractivity contribution in [3.63, 3.8) is 0 Å². The van der Waals surface area contributed by atoms with Gasteiger partial charge < -0.3 is 15.5 Å². The Hall–Kier alpha value is -3.41. The molecule has 0 bridgehead atoms. The summed E-state index contributed by atoms with van der Waals surface area (Å²) in [4.78, 5) is 38.6. The molecule has 1 atom stereocenters. The van der Waals surface area contributed by atoms with E-state index in [0.29, 0.717) is 11.3 Å². The molecule has 148 valence electrons. The lowest BCUT2D eigenvalue weighted by atomic mass is 9.93. The lowest BCUT2D eigenvalue weighted by Gasteiger charge is -2.32. The first-order valence-electron chi connectivity index (χ1n) is 9.78. The SMILES string of the molecule is CC(=O)N1C=Cc2ccccc2[C@@H]1CC(=O)Nc1cccc(C(=O)NC2CC2)c1. The van der Waals surface area contributed by atoms with Gasteiger partial charge in [0.05, 0.1) is 12.5 Å². The lowest BCUT2D eigenvalue weighted by Crippen LogP contribution is -2.33. The molecule has 0 saturated heterocycles. The van der Waals surface area contributed by atoms with Crippen LogP contribution in [0.3, 0.4) is 0 Å². The topological polar surface area (TPSA) is 78.5 Å². The van der Waals surface area contributed by atoms with Crippen LogP contribution >= 0.6 is 0 Å². The third-order valence-corrected chi connectivity index (χ3v) is 5.17. The normalized spacial score (nSPS) is 17.4. The molecule has 4 rings (SSSR count). The smallest absolute Gasteiger partial charge is 0.251 e. The van der Waals surface area contributed by atoms with Gasteiger partial charge in [-0.2, -0.15) is 0 Å².